The number of halogens is 2. The third-order valence-corrected chi connectivity index (χ3v) is 17.4. The fourth-order valence-corrected chi connectivity index (χ4v) is 14.1. The molecular formula is C51H59Br2OP. The fourth-order valence-electron chi connectivity index (χ4n) is 8.80. The Balaban J connectivity index is 1.86. The predicted octanol–water partition coefficient (Wildman–Crippen LogP) is 16.6. The fraction of sp³-hybridized carbons (Fsp3) is 0.392. The van der Waals surface area contributed by atoms with Crippen LogP contribution in [0.4, 0.5) is 0 Å². The molecule has 288 valence electrons. The molecule has 1 heterocycles. The molecule has 6 rings (SSSR count). The number of hydrogen-bond acceptors (Lipinski definition) is 1. The average molecular weight is 879 g/mol. The summed E-state index contributed by atoms with van der Waals surface area (Å²) in [7, 11) is -1.02. The first-order chi connectivity index (χ1) is 26.6. The summed E-state index contributed by atoms with van der Waals surface area (Å²) in [5.74, 6) is 1.95. The molecule has 0 saturated carbocycles. The van der Waals surface area contributed by atoms with Gasteiger partial charge in [0.2, 0.25) is 0 Å². The molecule has 0 aliphatic carbocycles. The Bertz CT molecular complexity index is 1920. The second kappa shape index (κ2) is 18.6. The minimum absolute atomic E-state index is 0.0365. The number of rotatable bonds is 13. The summed E-state index contributed by atoms with van der Waals surface area (Å²) in [6.45, 7) is 18.9. The first kappa shape index (κ1) is 41.8. The highest BCUT2D eigenvalue weighted by molar-refractivity contribution is 9.10. The van der Waals surface area contributed by atoms with Gasteiger partial charge in [0.05, 0.1) is 0 Å². The van der Waals surface area contributed by atoms with Crippen LogP contribution in [0.15, 0.2) is 112 Å². The van der Waals surface area contributed by atoms with Crippen molar-refractivity contribution in [2.24, 2.45) is 0 Å². The summed E-state index contributed by atoms with van der Waals surface area (Å²) in [6.07, 6.45) is 5.37. The van der Waals surface area contributed by atoms with E-state index in [0.717, 1.165) is 34.6 Å². The number of hydrogen-bond donors (Lipinski definition) is 0. The van der Waals surface area contributed by atoms with Gasteiger partial charge in [0.1, 0.15) is 5.78 Å². The van der Waals surface area contributed by atoms with Crippen molar-refractivity contribution in [1.29, 1.82) is 0 Å². The van der Waals surface area contributed by atoms with E-state index in [2.05, 4.69) is 190 Å². The molecule has 0 spiro atoms. The summed E-state index contributed by atoms with van der Waals surface area (Å²) in [5, 5.41) is 1.46. The van der Waals surface area contributed by atoms with Crippen molar-refractivity contribution in [2.45, 2.75) is 129 Å². The molecule has 1 nitrogen and oxygen atoms in total. The van der Waals surface area contributed by atoms with Gasteiger partial charge in [0.25, 0.3) is 0 Å². The predicted molar refractivity (Wildman–Crippen MR) is 247 cm³/mol. The van der Waals surface area contributed by atoms with Crippen molar-refractivity contribution in [1.82, 2.24) is 0 Å². The molecule has 0 bridgehead atoms. The first-order valence-electron chi connectivity index (χ1n) is 20.7. The number of carbonyl (C=O) groups excluding carboxylic acids is 1. The molecule has 1 aliphatic rings. The Kier molecular flexibility index (Phi) is 14.1. The van der Waals surface area contributed by atoms with Crippen molar-refractivity contribution in [3.05, 3.63) is 145 Å². The third kappa shape index (κ3) is 8.42. The number of benzene rings is 5. The van der Waals surface area contributed by atoms with E-state index < -0.39 is 7.92 Å². The van der Waals surface area contributed by atoms with E-state index in [9.17, 15) is 4.79 Å². The lowest BCUT2D eigenvalue weighted by molar-refractivity contribution is -0.119. The van der Waals surface area contributed by atoms with Crippen LogP contribution in [0.1, 0.15) is 162 Å². The van der Waals surface area contributed by atoms with Crippen LogP contribution in [0.3, 0.4) is 0 Å². The molecular weight excluding hydrogens is 819 g/mol. The van der Waals surface area contributed by atoms with Gasteiger partial charge in [-0.1, -0.05) is 186 Å². The second-order valence-electron chi connectivity index (χ2n) is 16.0. The minimum atomic E-state index is -1.02. The Morgan fingerprint density at radius 1 is 0.509 bits per heavy atom. The van der Waals surface area contributed by atoms with Crippen LogP contribution in [-0.2, 0) is 4.79 Å². The van der Waals surface area contributed by atoms with Gasteiger partial charge in [-0.05, 0) is 122 Å². The van der Waals surface area contributed by atoms with Gasteiger partial charge < -0.3 is 0 Å². The minimum Gasteiger partial charge on any atom is -0.300 e. The van der Waals surface area contributed by atoms with Gasteiger partial charge in [-0.3, -0.25) is 4.79 Å². The highest BCUT2D eigenvalue weighted by atomic mass is 79.9. The number of ketones is 1. The molecule has 4 heteroatoms. The van der Waals surface area contributed by atoms with E-state index in [0.29, 0.717) is 42.3 Å². The Morgan fingerprint density at radius 2 is 0.836 bits per heavy atom. The van der Waals surface area contributed by atoms with Crippen LogP contribution < -0.4 is 5.30 Å². The van der Waals surface area contributed by atoms with E-state index in [4.69, 9.17) is 0 Å². The van der Waals surface area contributed by atoms with Gasteiger partial charge in [-0.15, -0.1) is 0 Å². The zero-order valence-corrected chi connectivity index (χ0v) is 38.2. The van der Waals surface area contributed by atoms with Crippen LogP contribution >= 0.6 is 39.8 Å². The maximum absolute atomic E-state index is 14.2. The summed E-state index contributed by atoms with van der Waals surface area (Å²) >= 11 is 8.04. The van der Waals surface area contributed by atoms with Crippen molar-refractivity contribution in [3.8, 4) is 22.3 Å². The zero-order valence-electron chi connectivity index (χ0n) is 34.1. The SMILES string of the molecule is CCC(C)c1cccc(C(C)CC)c1-c1cccc(-c2c(C(C)CC)cccc2C(C)CC)c1P1C(c2ccccc2Br)CC(=O)CC1c1ccccc1Br. The Labute approximate surface area is 350 Å². The molecule has 5 aromatic carbocycles. The number of carbonyl (C=O) groups is 1. The molecule has 0 aromatic heterocycles. The van der Waals surface area contributed by atoms with Crippen LogP contribution in [-0.4, -0.2) is 5.78 Å². The van der Waals surface area contributed by atoms with Crippen molar-refractivity contribution >= 4 is 50.9 Å². The Morgan fingerprint density at radius 3 is 1.16 bits per heavy atom. The lowest BCUT2D eigenvalue weighted by Gasteiger charge is -2.42. The lowest BCUT2D eigenvalue weighted by atomic mass is 9.80. The van der Waals surface area contributed by atoms with Crippen LogP contribution in [0.2, 0.25) is 0 Å². The standard InChI is InChI=1S/C51H59Br2OP/c1-9-32(5)37-22-17-23-38(33(6)10-2)49(37)43-26-19-27-44(50-39(34(7)11-3)24-18-25-40(50)35(8)12-4)51(43)55-47(41-20-13-15-28-45(41)52)30-36(54)31-48(55)42-21-14-16-29-46(42)53/h13-29,32-35,47-48H,9-12,30-31H2,1-8H3. The maximum atomic E-state index is 14.2. The van der Waals surface area contributed by atoms with Gasteiger partial charge in [-0.2, -0.15) is 0 Å². The molecule has 1 aliphatic heterocycles. The largest absolute Gasteiger partial charge is 0.300 e. The molecule has 1 fully saturated rings. The van der Waals surface area contributed by atoms with E-state index in [1.807, 2.05) is 0 Å². The third-order valence-electron chi connectivity index (χ3n) is 12.7. The topological polar surface area (TPSA) is 17.1 Å². The Hall–Kier alpha value is -2.84. The van der Waals surface area contributed by atoms with Gasteiger partial charge in [0.15, 0.2) is 0 Å². The molecule has 6 atom stereocenters. The maximum Gasteiger partial charge on any atom is 0.134 e. The highest BCUT2D eigenvalue weighted by Crippen LogP contribution is 2.69. The van der Waals surface area contributed by atoms with Crippen molar-refractivity contribution < 1.29 is 4.79 Å². The zero-order chi connectivity index (χ0) is 39.4. The quantitative estimate of drug-likeness (QED) is 0.108. The summed E-state index contributed by atoms with van der Waals surface area (Å²) in [5.41, 5.74) is 13.9. The molecule has 0 radical (unpaired) electrons. The van der Waals surface area contributed by atoms with Crippen LogP contribution in [0.5, 0.6) is 0 Å². The monoisotopic (exact) mass is 876 g/mol. The summed E-state index contributed by atoms with van der Waals surface area (Å²) < 4.78 is 2.18. The van der Waals surface area contributed by atoms with Crippen molar-refractivity contribution in [3.63, 3.8) is 0 Å². The second-order valence-corrected chi connectivity index (χ2v) is 20.2. The summed E-state index contributed by atoms with van der Waals surface area (Å²) in [4.78, 5) is 14.2. The highest BCUT2D eigenvalue weighted by Gasteiger charge is 2.43. The van der Waals surface area contributed by atoms with Gasteiger partial charge >= 0.3 is 0 Å². The summed E-state index contributed by atoms with van der Waals surface area (Å²) in [6, 6.07) is 38.9. The molecule has 0 N–H and O–H groups in total. The molecule has 6 unspecified atom stereocenters. The van der Waals surface area contributed by atoms with Crippen LogP contribution in [0.25, 0.3) is 22.3 Å². The van der Waals surface area contributed by atoms with E-state index >= 15 is 0 Å². The molecule has 5 aromatic rings. The van der Waals surface area contributed by atoms with Crippen molar-refractivity contribution in [2.75, 3.05) is 0 Å². The van der Waals surface area contributed by atoms with E-state index in [1.54, 1.807) is 0 Å². The van der Waals surface area contributed by atoms with E-state index in [1.165, 1.54) is 60.9 Å². The number of Topliss-reactive ketones (excluding diaryl/α,β-unsaturated/α-hetero) is 1. The molecule has 55 heavy (non-hydrogen) atoms. The van der Waals surface area contributed by atoms with Crippen LogP contribution in [0, 0.1) is 0 Å². The van der Waals surface area contributed by atoms with E-state index in [-0.39, 0.29) is 11.3 Å². The lowest BCUT2D eigenvalue weighted by Crippen LogP contribution is -2.27. The first-order valence-corrected chi connectivity index (χ1v) is 23.8. The smallest absolute Gasteiger partial charge is 0.134 e. The normalized spacial score (nSPS) is 19.5. The molecule has 1 saturated heterocycles. The molecule has 0 amide bonds. The van der Waals surface area contributed by atoms with Gasteiger partial charge in [-0.25, -0.2) is 0 Å². The van der Waals surface area contributed by atoms with Gasteiger partial charge in [0, 0.05) is 33.1 Å². The average Bonchev–Trinajstić information content (AvgIpc) is 3.21.